The Labute approximate surface area is 199 Å². The first-order valence-corrected chi connectivity index (χ1v) is 12.2. The first-order chi connectivity index (χ1) is 15.8. The van der Waals surface area contributed by atoms with Crippen molar-refractivity contribution in [2.75, 3.05) is 7.05 Å². The molecule has 0 bridgehead atoms. The molecule has 2 N–H and O–H groups in total. The maximum atomic E-state index is 14.1. The number of aliphatic hydroxyl groups is 1. The van der Waals surface area contributed by atoms with Crippen molar-refractivity contribution < 1.29 is 35.9 Å². The molecule has 2 atom stereocenters. The Bertz CT molecular complexity index is 1170. The summed E-state index contributed by atoms with van der Waals surface area (Å²) in [6, 6.07) is 4.87. The number of sulfonamides is 1. The number of fused-ring (bicyclic) bond motifs is 1. The smallest absolute Gasteiger partial charge is 0.392 e. The molecule has 0 aromatic heterocycles. The number of hydrogen-bond donors (Lipinski definition) is 2. The molecule has 3 rings (SSSR count). The van der Waals surface area contributed by atoms with Crippen molar-refractivity contribution in [2.45, 2.75) is 55.4 Å². The largest absolute Gasteiger partial charge is 0.405 e. The molecule has 0 radical (unpaired) electrons. The van der Waals surface area contributed by atoms with Gasteiger partial charge in [0.25, 0.3) is 0 Å². The maximum Gasteiger partial charge on any atom is 0.405 e. The van der Waals surface area contributed by atoms with Gasteiger partial charge in [-0.15, -0.1) is 0 Å². The van der Waals surface area contributed by atoms with E-state index >= 15 is 0 Å². The van der Waals surface area contributed by atoms with E-state index < -0.39 is 56.3 Å². The van der Waals surface area contributed by atoms with Crippen LogP contribution in [0.4, 0.5) is 17.6 Å². The van der Waals surface area contributed by atoms with E-state index in [0.29, 0.717) is 24.8 Å². The molecule has 6 nitrogen and oxygen atoms in total. The number of amides is 1. The van der Waals surface area contributed by atoms with Crippen LogP contribution in [0.3, 0.4) is 0 Å². The van der Waals surface area contributed by atoms with Gasteiger partial charge in [-0.2, -0.15) is 17.9 Å². The van der Waals surface area contributed by atoms with E-state index in [4.69, 9.17) is 11.6 Å². The average Bonchev–Trinajstić information content (AvgIpc) is 2.78. The third kappa shape index (κ3) is 5.70. The van der Waals surface area contributed by atoms with Crippen molar-refractivity contribution in [3.8, 4) is 0 Å². The summed E-state index contributed by atoms with van der Waals surface area (Å²) in [7, 11) is -3.61. The van der Waals surface area contributed by atoms with Gasteiger partial charge in [-0.3, -0.25) is 4.79 Å². The van der Waals surface area contributed by atoms with Crippen molar-refractivity contribution in [3.05, 3.63) is 63.9 Å². The van der Waals surface area contributed by atoms with Crippen molar-refractivity contribution in [1.29, 1.82) is 0 Å². The standard InChI is InChI=1S/C22H23ClF4N2O4S/c1-29(17-6-2-4-14-10-13(12-30)8-9-15(14)17)20(31)11-19(22(25,26)27)28-34(32,33)18-7-3-5-16(23)21(18)24/h3,5,7-10,17,19,28,30H,2,4,6,11-12H2,1H3/t17-,19?/m1/s1. The van der Waals surface area contributed by atoms with Crippen LogP contribution < -0.4 is 4.72 Å². The summed E-state index contributed by atoms with van der Waals surface area (Å²) in [6.07, 6.45) is -4.41. The van der Waals surface area contributed by atoms with Crippen LogP contribution in [-0.4, -0.2) is 43.6 Å². The molecule has 34 heavy (non-hydrogen) atoms. The lowest BCUT2D eigenvalue weighted by atomic mass is 9.85. The molecule has 0 spiro atoms. The summed E-state index contributed by atoms with van der Waals surface area (Å²) in [5.41, 5.74) is 2.35. The number of carbonyl (C=O) groups is 1. The molecule has 2 aromatic carbocycles. The molecule has 2 aromatic rings. The van der Waals surface area contributed by atoms with Crippen LogP contribution in [0.2, 0.25) is 5.02 Å². The van der Waals surface area contributed by atoms with Gasteiger partial charge in [-0.25, -0.2) is 12.8 Å². The predicted octanol–water partition coefficient (Wildman–Crippen LogP) is 4.11. The highest BCUT2D eigenvalue weighted by atomic mass is 35.5. The van der Waals surface area contributed by atoms with Crippen molar-refractivity contribution >= 4 is 27.5 Å². The van der Waals surface area contributed by atoms with Crippen LogP contribution >= 0.6 is 11.6 Å². The highest BCUT2D eigenvalue weighted by molar-refractivity contribution is 7.89. The fraction of sp³-hybridized carbons (Fsp3) is 0.409. The van der Waals surface area contributed by atoms with Gasteiger partial charge in [0.05, 0.1) is 24.1 Å². The normalized spacial score (nSPS) is 17.2. The van der Waals surface area contributed by atoms with Gasteiger partial charge in [-0.1, -0.05) is 35.9 Å². The van der Waals surface area contributed by atoms with E-state index in [1.807, 2.05) is 0 Å². The Balaban J connectivity index is 1.82. The maximum absolute atomic E-state index is 14.1. The number of carbonyl (C=O) groups excluding carboxylic acids is 1. The van der Waals surface area contributed by atoms with Crippen LogP contribution in [-0.2, 0) is 27.8 Å². The Morgan fingerprint density at radius 1 is 1.29 bits per heavy atom. The summed E-state index contributed by atoms with van der Waals surface area (Å²) in [5, 5.41) is 8.76. The van der Waals surface area contributed by atoms with Gasteiger partial charge in [0.2, 0.25) is 15.9 Å². The van der Waals surface area contributed by atoms with Gasteiger partial charge >= 0.3 is 6.18 Å². The second-order valence-electron chi connectivity index (χ2n) is 8.08. The number of rotatable bonds is 7. The first kappa shape index (κ1) is 26.4. The number of hydrogen-bond acceptors (Lipinski definition) is 4. The highest BCUT2D eigenvalue weighted by Gasteiger charge is 2.45. The summed E-state index contributed by atoms with van der Waals surface area (Å²) in [6.45, 7) is -0.159. The summed E-state index contributed by atoms with van der Waals surface area (Å²) in [4.78, 5) is 13.0. The molecule has 0 aliphatic heterocycles. The highest BCUT2D eigenvalue weighted by Crippen LogP contribution is 2.35. The van der Waals surface area contributed by atoms with Gasteiger partial charge in [0.1, 0.15) is 10.9 Å². The minimum absolute atomic E-state index is 0.159. The summed E-state index contributed by atoms with van der Waals surface area (Å²) >= 11 is 5.55. The van der Waals surface area contributed by atoms with Gasteiger partial charge in [0, 0.05) is 7.05 Å². The van der Waals surface area contributed by atoms with E-state index in [1.165, 1.54) is 16.7 Å². The van der Waals surface area contributed by atoms with Gasteiger partial charge < -0.3 is 10.0 Å². The van der Waals surface area contributed by atoms with Gasteiger partial charge in [0.15, 0.2) is 5.82 Å². The number of aryl methyl sites for hydroxylation is 1. The zero-order chi connectivity index (χ0) is 25.3. The Morgan fingerprint density at radius 3 is 2.65 bits per heavy atom. The SMILES string of the molecule is CN(C(=O)CC(NS(=O)(=O)c1cccc(Cl)c1F)C(F)(F)F)[C@@H]1CCCc2cc(CO)ccc21. The minimum atomic E-state index is -5.11. The van der Waals surface area contributed by atoms with Crippen molar-refractivity contribution in [2.24, 2.45) is 0 Å². The lowest BCUT2D eigenvalue weighted by Crippen LogP contribution is -2.48. The number of benzene rings is 2. The number of nitrogens with one attached hydrogen (secondary N) is 1. The molecule has 0 saturated heterocycles. The lowest BCUT2D eigenvalue weighted by Gasteiger charge is -2.34. The zero-order valence-corrected chi connectivity index (χ0v) is 19.6. The topological polar surface area (TPSA) is 86.7 Å². The molecular formula is C22H23ClF4N2O4S. The molecule has 0 fully saturated rings. The zero-order valence-electron chi connectivity index (χ0n) is 18.1. The van der Waals surface area contributed by atoms with Gasteiger partial charge in [-0.05, 0) is 48.1 Å². The number of alkyl halides is 3. The fourth-order valence-electron chi connectivity index (χ4n) is 4.00. The van der Waals surface area contributed by atoms with Crippen LogP contribution in [0.15, 0.2) is 41.3 Å². The molecule has 1 unspecified atom stereocenters. The Hall–Kier alpha value is -2.21. The van der Waals surface area contributed by atoms with Crippen LogP contribution in [0, 0.1) is 5.82 Å². The van der Waals surface area contributed by atoms with E-state index in [9.17, 15) is 35.9 Å². The molecule has 12 heteroatoms. The Kier molecular flexibility index (Phi) is 7.91. The number of nitrogens with zero attached hydrogens (tertiary/aromatic N) is 1. The van der Waals surface area contributed by atoms with E-state index in [0.717, 1.165) is 29.3 Å². The van der Waals surface area contributed by atoms with Crippen molar-refractivity contribution in [1.82, 2.24) is 9.62 Å². The number of halogens is 5. The third-order valence-corrected chi connectivity index (χ3v) is 7.59. The Morgan fingerprint density at radius 2 is 2.00 bits per heavy atom. The molecule has 186 valence electrons. The van der Waals surface area contributed by atoms with Crippen molar-refractivity contribution in [3.63, 3.8) is 0 Å². The van der Waals surface area contributed by atoms with E-state index in [-0.39, 0.29) is 6.61 Å². The number of aliphatic hydroxyl groups excluding tert-OH is 1. The molecular weight excluding hydrogens is 500 g/mol. The second-order valence-corrected chi connectivity index (χ2v) is 10.2. The third-order valence-electron chi connectivity index (χ3n) is 5.81. The second kappa shape index (κ2) is 10.2. The molecule has 1 amide bonds. The van der Waals surface area contributed by atoms with Crippen LogP contribution in [0.5, 0.6) is 0 Å². The molecule has 0 saturated carbocycles. The molecule has 1 aliphatic rings. The van der Waals surface area contributed by atoms with Crippen LogP contribution in [0.1, 0.15) is 42.0 Å². The predicted molar refractivity (Wildman–Crippen MR) is 117 cm³/mol. The average molecular weight is 523 g/mol. The molecule has 0 heterocycles. The first-order valence-electron chi connectivity index (χ1n) is 10.4. The van der Waals surface area contributed by atoms with E-state index in [2.05, 4.69) is 0 Å². The minimum Gasteiger partial charge on any atom is -0.392 e. The molecule has 1 aliphatic carbocycles. The van der Waals surface area contributed by atoms with E-state index in [1.54, 1.807) is 18.2 Å². The summed E-state index contributed by atoms with van der Waals surface area (Å²) in [5.74, 6) is -2.32. The lowest BCUT2D eigenvalue weighted by molar-refractivity contribution is -0.161. The van der Waals surface area contributed by atoms with Crippen LogP contribution in [0.25, 0.3) is 0 Å². The summed E-state index contributed by atoms with van der Waals surface area (Å²) < 4.78 is 81.6. The quantitative estimate of drug-likeness (QED) is 0.536. The monoisotopic (exact) mass is 522 g/mol. The fourth-order valence-corrected chi connectivity index (χ4v) is 5.55.